The van der Waals surface area contributed by atoms with Crippen molar-refractivity contribution in [1.29, 1.82) is 0 Å². The zero-order valence-electron chi connectivity index (χ0n) is 13.9. The van der Waals surface area contributed by atoms with Gasteiger partial charge in [0, 0.05) is 24.6 Å². The van der Waals surface area contributed by atoms with Crippen LogP contribution in [0.4, 0.5) is 0 Å². The lowest BCUT2D eigenvalue weighted by Crippen LogP contribution is -2.34. The first kappa shape index (κ1) is 15.2. The van der Waals surface area contributed by atoms with Crippen molar-refractivity contribution in [3.63, 3.8) is 0 Å². The number of carbonyl (C=O) groups excluding carboxylic acids is 1. The molecule has 0 bridgehead atoms. The molecular weight excluding hydrogens is 300 g/mol. The molecule has 1 N–H and O–H groups in total. The Balaban J connectivity index is 1.47. The second-order valence-corrected chi connectivity index (χ2v) is 6.86. The standard InChI is InChI=1S/C20H22N2O2/c1-13-4-3-9-21-19(13)17-6-2-5-15-11-16(24-20(15)17)12-22-18(23)10-14-7-8-14/h2-6,9,14,16H,7-8,10-12H2,1H3,(H,22,23)/t16-/m1/s1. The molecule has 1 aromatic heterocycles. The lowest BCUT2D eigenvalue weighted by Gasteiger charge is -2.14. The predicted molar refractivity (Wildman–Crippen MR) is 92.9 cm³/mol. The Bertz CT molecular complexity index is 768. The van der Waals surface area contributed by atoms with E-state index in [0.717, 1.165) is 29.0 Å². The van der Waals surface area contributed by atoms with Crippen LogP contribution in [0.25, 0.3) is 11.3 Å². The Morgan fingerprint density at radius 1 is 1.29 bits per heavy atom. The number of amides is 1. The number of hydrogen-bond acceptors (Lipinski definition) is 3. The van der Waals surface area contributed by atoms with Crippen molar-refractivity contribution in [2.75, 3.05) is 6.54 Å². The number of pyridine rings is 1. The van der Waals surface area contributed by atoms with Gasteiger partial charge in [-0.05, 0) is 48.9 Å². The van der Waals surface area contributed by atoms with Crippen molar-refractivity contribution >= 4 is 5.91 Å². The molecule has 0 unspecified atom stereocenters. The summed E-state index contributed by atoms with van der Waals surface area (Å²) in [7, 11) is 0. The van der Waals surface area contributed by atoms with Gasteiger partial charge in [-0.15, -0.1) is 0 Å². The third-order valence-electron chi connectivity index (χ3n) is 4.79. The van der Waals surface area contributed by atoms with Crippen molar-refractivity contribution in [2.45, 2.75) is 38.7 Å². The first-order valence-corrected chi connectivity index (χ1v) is 8.68. The minimum absolute atomic E-state index is 0.00771. The molecule has 4 heteroatoms. The number of nitrogens with one attached hydrogen (secondary N) is 1. The number of aromatic nitrogens is 1. The van der Waals surface area contributed by atoms with Crippen LogP contribution in [0.2, 0.25) is 0 Å². The zero-order chi connectivity index (χ0) is 16.5. The molecule has 0 spiro atoms. The Kier molecular flexibility index (Phi) is 3.97. The van der Waals surface area contributed by atoms with Crippen LogP contribution in [0.3, 0.4) is 0 Å². The number of hydrogen-bond donors (Lipinski definition) is 1. The first-order chi connectivity index (χ1) is 11.7. The normalized spacial score (nSPS) is 18.8. The number of rotatable bonds is 5. The predicted octanol–water partition coefficient (Wildman–Crippen LogP) is 3.28. The van der Waals surface area contributed by atoms with Crippen LogP contribution in [-0.2, 0) is 11.2 Å². The van der Waals surface area contributed by atoms with Gasteiger partial charge in [-0.25, -0.2) is 0 Å². The van der Waals surface area contributed by atoms with Crippen LogP contribution in [0.1, 0.15) is 30.4 Å². The Morgan fingerprint density at radius 3 is 2.96 bits per heavy atom. The average Bonchev–Trinajstić information content (AvgIpc) is 3.28. The quantitative estimate of drug-likeness (QED) is 0.919. The second kappa shape index (κ2) is 6.27. The summed E-state index contributed by atoms with van der Waals surface area (Å²) in [4.78, 5) is 16.4. The van der Waals surface area contributed by atoms with Gasteiger partial charge in [-0.2, -0.15) is 0 Å². The van der Waals surface area contributed by atoms with E-state index in [1.165, 1.54) is 18.4 Å². The van der Waals surface area contributed by atoms with Gasteiger partial charge in [-0.3, -0.25) is 9.78 Å². The minimum atomic E-state index is 0.00771. The van der Waals surface area contributed by atoms with Gasteiger partial charge >= 0.3 is 0 Å². The van der Waals surface area contributed by atoms with Gasteiger partial charge in [-0.1, -0.05) is 18.2 Å². The smallest absolute Gasteiger partial charge is 0.220 e. The summed E-state index contributed by atoms with van der Waals surface area (Å²) < 4.78 is 6.16. The van der Waals surface area contributed by atoms with Crippen molar-refractivity contribution in [1.82, 2.24) is 10.3 Å². The fourth-order valence-electron chi connectivity index (χ4n) is 3.29. The maximum absolute atomic E-state index is 11.9. The van der Waals surface area contributed by atoms with E-state index < -0.39 is 0 Å². The molecule has 1 aliphatic heterocycles. The molecular formula is C20H22N2O2. The van der Waals surface area contributed by atoms with E-state index in [-0.39, 0.29) is 12.0 Å². The summed E-state index contributed by atoms with van der Waals surface area (Å²) in [6, 6.07) is 10.2. The van der Waals surface area contributed by atoms with Crippen molar-refractivity contribution in [3.8, 4) is 17.0 Å². The molecule has 2 aliphatic rings. The fourth-order valence-corrected chi connectivity index (χ4v) is 3.29. The SMILES string of the molecule is Cc1cccnc1-c1cccc2c1O[C@@H](CNC(=O)CC1CC1)C2. The number of para-hydroxylation sites is 1. The van der Waals surface area contributed by atoms with Gasteiger partial charge in [0.25, 0.3) is 0 Å². The molecule has 1 saturated carbocycles. The number of fused-ring (bicyclic) bond motifs is 1. The number of carbonyl (C=O) groups is 1. The number of nitrogens with zero attached hydrogens (tertiary/aromatic N) is 1. The highest BCUT2D eigenvalue weighted by Crippen LogP contribution is 2.39. The van der Waals surface area contributed by atoms with Crippen LogP contribution in [0, 0.1) is 12.8 Å². The molecule has 124 valence electrons. The van der Waals surface area contributed by atoms with E-state index in [4.69, 9.17) is 4.74 Å². The third-order valence-corrected chi connectivity index (χ3v) is 4.79. The van der Waals surface area contributed by atoms with E-state index in [1.54, 1.807) is 0 Å². The summed E-state index contributed by atoms with van der Waals surface area (Å²) in [5.74, 6) is 1.68. The number of benzene rings is 1. The Morgan fingerprint density at radius 2 is 2.17 bits per heavy atom. The van der Waals surface area contributed by atoms with Gasteiger partial charge in [0.1, 0.15) is 11.9 Å². The topological polar surface area (TPSA) is 51.2 Å². The Hall–Kier alpha value is -2.36. The highest BCUT2D eigenvalue weighted by atomic mass is 16.5. The summed E-state index contributed by atoms with van der Waals surface area (Å²) in [5.41, 5.74) is 4.33. The third kappa shape index (κ3) is 3.14. The summed E-state index contributed by atoms with van der Waals surface area (Å²) in [6.07, 6.45) is 5.72. The Labute approximate surface area is 142 Å². The largest absolute Gasteiger partial charge is 0.487 e. The lowest BCUT2D eigenvalue weighted by atomic mass is 10.0. The van der Waals surface area contributed by atoms with Gasteiger partial charge in [0.2, 0.25) is 5.91 Å². The second-order valence-electron chi connectivity index (χ2n) is 6.86. The lowest BCUT2D eigenvalue weighted by molar-refractivity contribution is -0.121. The highest BCUT2D eigenvalue weighted by Gasteiger charge is 2.28. The number of aryl methyl sites for hydroxylation is 1. The maximum Gasteiger partial charge on any atom is 0.220 e. The molecule has 0 saturated heterocycles. The van der Waals surface area contributed by atoms with Crippen molar-refractivity contribution in [2.24, 2.45) is 5.92 Å². The van der Waals surface area contributed by atoms with E-state index in [9.17, 15) is 4.79 Å². The van der Waals surface area contributed by atoms with Crippen molar-refractivity contribution in [3.05, 3.63) is 47.7 Å². The van der Waals surface area contributed by atoms with Crippen LogP contribution in [-0.4, -0.2) is 23.5 Å². The molecule has 24 heavy (non-hydrogen) atoms. The first-order valence-electron chi connectivity index (χ1n) is 8.68. The van der Waals surface area contributed by atoms with Gasteiger partial charge < -0.3 is 10.1 Å². The summed E-state index contributed by atoms with van der Waals surface area (Å²) in [5, 5.41) is 3.02. The molecule has 1 aliphatic carbocycles. The van der Waals surface area contributed by atoms with Crippen LogP contribution in [0.15, 0.2) is 36.5 Å². The van der Waals surface area contributed by atoms with Crippen molar-refractivity contribution < 1.29 is 9.53 Å². The molecule has 1 fully saturated rings. The fraction of sp³-hybridized carbons (Fsp3) is 0.400. The molecule has 2 aromatic rings. The van der Waals surface area contributed by atoms with Crippen LogP contribution in [0.5, 0.6) is 5.75 Å². The van der Waals surface area contributed by atoms with Crippen LogP contribution < -0.4 is 10.1 Å². The summed E-state index contributed by atoms with van der Waals surface area (Å²) in [6.45, 7) is 2.63. The van der Waals surface area contributed by atoms with E-state index >= 15 is 0 Å². The summed E-state index contributed by atoms with van der Waals surface area (Å²) >= 11 is 0. The molecule has 1 amide bonds. The van der Waals surface area contributed by atoms with E-state index in [1.807, 2.05) is 12.3 Å². The van der Waals surface area contributed by atoms with E-state index in [0.29, 0.717) is 18.9 Å². The zero-order valence-corrected chi connectivity index (χ0v) is 13.9. The van der Waals surface area contributed by atoms with Gasteiger partial charge in [0.05, 0.1) is 12.2 Å². The molecule has 1 aromatic carbocycles. The monoisotopic (exact) mass is 322 g/mol. The molecule has 4 rings (SSSR count). The highest BCUT2D eigenvalue weighted by molar-refractivity contribution is 5.76. The van der Waals surface area contributed by atoms with Crippen LogP contribution >= 0.6 is 0 Å². The van der Waals surface area contributed by atoms with Gasteiger partial charge in [0.15, 0.2) is 0 Å². The maximum atomic E-state index is 11.9. The molecule has 4 nitrogen and oxygen atoms in total. The average molecular weight is 322 g/mol. The molecule has 1 atom stereocenters. The molecule has 0 radical (unpaired) electrons. The van der Waals surface area contributed by atoms with E-state index in [2.05, 4.69) is 41.5 Å². The number of ether oxygens (including phenoxy) is 1. The molecule has 2 heterocycles. The minimum Gasteiger partial charge on any atom is -0.487 e.